The van der Waals surface area contributed by atoms with Crippen molar-refractivity contribution in [1.82, 2.24) is 10.3 Å². The normalized spacial score (nSPS) is 10.2. The molecule has 2 rings (SSSR count). The molecule has 1 aromatic heterocycles. The highest BCUT2D eigenvalue weighted by Crippen LogP contribution is 2.17. The zero-order valence-corrected chi connectivity index (χ0v) is 12.2. The van der Waals surface area contributed by atoms with Gasteiger partial charge in [-0.1, -0.05) is 35.3 Å². The smallest absolute Gasteiger partial charge is 0.271 e. The zero-order chi connectivity index (χ0) is 14.5. The predicted octanol–water partition coefficient (Wildman–Crippen LogP) is 3.33. The van der Waals surface area contributed by atoms with Gasteiger partial charge in [0.15, 0.2) is 0 Å². The Morgan fingerprint density at radius 1 is 1.20 bits per heavy atom. The van der Waals surface area contributed by atoms with Gasteiger partial charge in [0.2, 0.25) is 0 Å². The van der Waals surface area contributed by atoms with Gasteiger partial charge in [-0.3, -0.25) is 4.79 Å². The van der Waals surface area contributed by atoms with Gasteiger partial charge in [-0.2, -0.15) is 0 Å². The second-order valence-electron chi connectivity index (χ2n) is 4.00. The van der Waals surface area contributed by atoms with Crippen LogP contribution in [0.3, 0.4) is 0 Å². The maximum Gasteiger partial charge on any atom is 0.271 e. The van der Waals surface area contributed by atoms with Gasteiger partial charge in [0, 0.05) is 6.54 Å². The van der Waals surface area contributed by atoms with Crippen molar-refractivity contribution in [3.05, 3.63) is 57.8 Å². The lowest BCUT2D eigenvalue weighted by molar-refractivity contribution is 0.0946. The molecule has 20 heavy (non-hydrogen) atoms. The Labute approximate surface area is 126 Å². The molecule has 4 nitrogen and oxygen atoms in total. The van der Waals surface area contributed by atoms with Crippen LogP contribution in [-0.2, 0) is 6.54 Å². The lowest BCUT2D eigenvalue weighted by atomic mass is 10.2. The number of nitrogens with one attached hydrogen (secondary N) is 1. The number of nitrogens with zero attached hydrogens (tertiary/aromatic N) is 1. The molecule has 104 valence electrons. The third kappa shape index (κ3) is 3.62. The van der Waals surface area contributed by atoms with Gasteiger partial charge in [0.25, 0.3) is 5.91 Å². The molecule has 0 aliphatic heterocycles. The summed E-state index contributed by atoms with van der Waals surface area (Å²) in [7, 11) is 1.60. The molecule has 0 fully saturated rings. The van der Waals surface area contributed by atoms with Crippen LogP contribution < -0.4 is 10.1 Å². The fourth-order valence-corrected chi connectivity index (χ4v) is 1.93. The van der Waals surface area contributed by atoms with Crippen LogP contribution in [0.25, 0.3) is 0 Å². The molecule has 1 amide bonds. The maximum absolute atomic E-state index is 12.0. The average molecular weight is 311 g/mol. The Balaban J connectivity index is 2.02. The summed E-state index contributed by atoms with van der Waals surface area (Å²) in [6.45, 7) is 0.368. The Morgan fingerprint density at radius 3 is 2.55 bits per heavy atom. The molecular formula is C14H12Cl2N2O2. The summed E-state index contributed by atoms with van der Waals surface area (Å²) in [4.78, 5) is 15.9. The number of rotatable bonds is 4. The number of hydrogen-bond acceptors (Lipinski definition) is 3. The Kier molecular flexibility index (Phi) is 4.82. The number of aromatic nitrogens is 1. The van der Waals surface area contributed by atoms with Gasteiger partial charge in [-0.25, -0.2) is 4.98 Å². The minimum Gasteiger partial charge on any atom is -0.497 e. The van der Waals surface area contributed by atoms with Gasteiger partial charge in [0.1, 0.15) is 16.6 Å². The predicted molar refractivity (Wildman–Crippen MR) is 78.4 cm³/mol. The summed E-state index contributed by atoms with van der Waals surface area (Å²) >= 11 is 11.7. The van der Waals surface area contributed by atoms with Gasteiger partial charge in [0.05, 0.1) is 12.1 Å². The number of hydrogen-bond donors (Lipinski definition) is 1. The highest BCUT2D eigenvalue weighted by molar-refractivity contribution is 6.34. The fraction of sp³-hybridized carbons (Fsp3) is 0.143. The summed E-state index contributed by atoms with van der Waals surface area (Å²) in [6, 6.07) is 10.5. The largest absolute Gasteiger partial charge is 0.497 e. The first-order valence-corrected chi connectivity index (χ1v) is 6.59. The molecule has 0 aliphatic carbocycles. The Morgan fingerprint density at radius 2 is 1.90 bits per heavy atom. The van der Waals surface area contributed by atoms with E-state index in [9.17, 15) is 4.79 Å². The van der Waals surface area contributed by atoms with Gasteiger partial charge >= 0.3 is 0 Å². The summed E-state index contributed by atoms with van der Waals surface area (Å²) in [5.74, 6) is 0.396. The first-order valence-electron chi connectivity index (χ1n) is 5.83. The summed E-state index contributed by atoms with van der Waals surface area (Å²) in [5.41, 5.74) is 1.06. The van der Waals surface area contributed by atoms with Crippen LogP contribution in [0, 0.1) is 0 Å². The molecule has 0 radical (unpaired) electrons. The molecule has 0 saturated carbocycles. The van der Waals surface area contributed by atoms with E-state index in [0.29, 0.717) is 6.54 Å². The van der Waals surface area contributed by atoms with Crippen LogP contribution in [-0.4, -0.2) is 18.0 Å². The lowest BCUT2D eigenvalue weighted by Gasteiger charge is -2.07. The number of pyridine rings is 1. The Hall–Kier alpha value is -1.78. The van der Waals surface area contributed by atoms with E-state index in [2.05, 4.69) is 10.3 Å². The van der Waals surface area contributed by atoms with Crippen molar-refractivity contribution < 1.29 is 9.53 Å². The first kappa shape index (κ1) is 14.6. The van der Waals surface area contributed by atoms with E-state index in [-0.39, 0.29) is 21.8 Å². The minimum atomic E-state index is -0.367. The van der Waals surface area contributed by atoms with Crippen LogP contribution in [0.4, 0.5) is 0 Å². The molecule has 0 atom stereocenters. The molecule has 0 bridgehead atoms. The number of benzene rings is 1. The zero-order valence-electron chi connectivity index (χ0n) is 10.7. The summed E-state index contributed by atoms with van der Waals surface area (Å²) < 4.78 is 5.06. The van der Waals surface area contributed by atoms with Crippen molar-refractivity contribution in [3.8, 4) is 5.75 Å². The van der Waals surface area contributed by atoms with E-state index in [1.165, 1.54) is 6.07 Å². The van der Waals surface area contributed by atoms with Gasteiger partial charge < -0.3 is 10.1 Å². The first-order chi connectivity index (χ1) is 9.60. The van der Waals surface area contributed by atoms with E-state index in [1.807, 2.05) is 24.3 Å². The number of halogens is 2. The van der Waals surface area contributed by atoms with Crippen molar-refractivity contribution in [2.24, 2.45) is 0 Å². The van der Waals surface area contributed by atoms with Crippen molar-refractivity contribution in [2.75, 3.05) is 7.11 Å². The van der Waals surface area contributed by atoms with Crippen LogP contribution in [0.2, 0.25) is 10.2 Å². The summed E-state index contributed by atoms with van der Waals surface area (Å²) in [6.07, 6.45) is 0. The van der Waals surface area contributed by atoms with Crippen molar-refractivity contribution in [2.45, 2.75) is 6.54 Å². The molecule has 1 N–H and O–H groups in total. The third-order valence-electron chi connectivity index (χ3n) is 2.64. The highest BCUT2D eigenvalue weighted by atomic mass is 35.5. The van der Waals surface area contributed by atoms with Crippen molar-refractivity contribution in [1.29, 1.82) is 0 Å². The third-order valence-corrected chi connectivity index (χ3v) is 3.15. The standard InChI is InChI=1S/C14H12Cl2N2O2/c1-20-10-4-2-9(3-5-10)8-17-14(19)13-11(15)6-7-12(16)18-13/h2-7H,8H2,1H3,(H,17,19). The van der Waals surface area contributed by atoms with Gasteiger partial charge in [-0.05, 0) is 29.8 Å². The number of carbonyl (C=O) groups excluding carboxylic acids is 1. The lowest BCUT2D eigenvalue weighted by Crippen LogP contribution is -2.24. The number of carbonyl (C=O) groups is 1. The summed E-state index contributed by atoms with van der Waals surface area (Å²) in [5, 5.41) is 3.23. The monoisotopic (exact) mass is 310 g/mol. The second kappa shape index (κ2) is 6.59. The molecule has 6 heteroatoms. The molecule has 2 aromatic rings. The second-order valence-corrected chi connectivity index (χ2v) is 4.79. The van der Waals surface area contributed by atoms with Crippen molar-refractivity contribution >= 4 is 29.1 Å². The number of methoxy groups -OCH3 is 1. The molecule has 1 aromatic carbocycles. The molecular weight excluding hydrogens is 299 g/mol. The van der Waals surface area contributed by atoms with E-state index in [1.54, 1.807) is 13.2 Å². The minimum absolute atomic E-state index is 0.118. The molecule has 0 spiro atoms. The number of ether oxygens (including phenoxy) is 1. The fourth-order valence-electron chi connectivity index (χ4n) is 1.59. The SMILES string of the molecule is COc1ccc(CNC(=O)c2nc(Cl)ccc2Cl)cc1. The molecule has 0 aliphatic rings. The van der Waals surface area contributed by atoms with E-state index >= 15 is 0 Å². The number of amides is 1. The Bertz CT molecular complexity index is 615. The van der Waals surface area contributed by atoms with E-state index in [0.717, 1.165) is 11.3 Å². The van der Waals surface area contributed by atoms with Gasteiger partial charge in [-0.15, -0.1) is 0 Å². The highest BCUT2D eigenvalue weighted by Gasteiger charge is 2.12. The van der Waals surface area contributed by atoms with E-state index < -0.39 is 0 Å². The van der Waals surface area contributed by atoms with Crippen LogP contribution in [0.15, 0.2) is 36.4 Å². The molecule has 0 unspecified atom stereocenters. The van der Waals surface area contributed by atoms with Crippen molar-refractivity contribution in [3.63, 3.8) is 0 Å². The van der Waals surface area contributed by atoms with Crippen LogP contribution >= 0.6 is 23.2 Å². The van der Waals surface area contributed by atoms with Crippen LogP contribution in [0.1, 0.15) is 16.1 Å². The molecule has 0 saturated heterocycles. The quantitative estimate of drug-likeness (QED) is 0.881. The topological polar surface area (TPSA) is 51.2 Å². The molecule has 1 heterocycles. The van der Waals surface area contributed by atoms with E-state index in [4.69, 9.17) is 27.9 Å². The van der Waals surface area contributed by atoms with Crippen LogP contribution in [0.5, 0.6) is 5.75 Å². The maximum atomic E-state index is 12.0. The average Bonchev–Trinajstić information content (AvgIpc) is 2.47.